The second-order valence-electron chi connectivity index (χ2n) is 7.94. The van der Waals surface area contributed by atoms with E-state index in [4.69, 9.17) is 21.4 Å². The van der Waals surface area contributed by atoms with E-state index in [9.17, 15) is 14.4 Å². The van der Waals surface area contributed by atoms with E-state index < -0.39 is 23.8 Å². The fraction of sp³-hybridized carbons (Fsp3) is 0.280. The van der Waals surface area contributed by atoms with Gasteiger partial charge in [-0.3, -0.25) is 14.7 Å². The van der Waals surface area contributed by atoms with Crippen LogP contribution < -0.4 is 5.32 Å². The van der Waals surface area contributed by atoms with E-state index in [2.05, 4.69) is 15.5 Å². The predicted octanol–water partition coefficient (Wildman–Crippen LogP) is 4.36. The quantitative estimate of drug-likeness (QED) is 0.368. The number of carboxylic acid groups (broad SMARTS) is 1. The van der Waals surface area contributed by atoms with Gasteiger partial charge in [0.2, 0.25) is 0 Å². The van der Waals surface area contributed by atoms with Crippen LogP contribution in [0.3, 0.4) is 0 Å². The van der Waals surface area contributed by atoms with Gasteiger partial charge in [-0.15, -0.1) is 0 Å². The molecule has 2 aromatic carbocycles. The Labute approximate surface area is 202 Å². The molecule has 9 heteroatoms. The van der Waals surface area contributed by atoms with E-state index in [1.165, 1.54) is 6.07 Å². The Balaban J connectivity index is 1.76. The van der Waals surface area contributed by atoms with E-state index in [0.29, 0.717) is 17.9 Å². The maximum Gasteiger partial charge on any atom is 0.353 e. The van der Waals surface area contributed by atoms with Crippen LogP contribution in [0.4, 0.5) is 0 Å². The topological polar surface area (TPSA) is 121 Å². The van der Waals surface area contributed by atoms with Crippen molar-refractivity contribution in [1.29, 1.82) is 0 Å². The normalized spacial score (nSPS) is 12.6. The minimum absolute atomic E-state index is 0.0394. The number of amides is 1. The van der Waals surface area contributed by atoms with Crippen LogP contribution in [0, 0.1) is 5.92 Å². The predicted molar refractivity (Wildman–Crippen MR) is 128 cm³/mol. The molecule has 3 N–H and O–H groups in total. The Morgan fingerprint density at radius 1 is 1.12 bits per heavy atom. The van der Waals surface area contributed by atoms with Gasteiger partial charge >= 0.3 is 11.9 Å². The van der Waals surface area contributed by atoms with Crippen molar-refractivity contribution >= 4 is 29.4 Å². The lowest BCUT2D eigenvalue weighted by Crippen LogP contribution is -2.39. The largest absolute Gasteiger partial charge is 0.477 e. The maximum absolute atomic E-state index is 12.7. The summed E-state index contributed by atoms with van der Waals surface area (Å²) < 4.78 is 5.10. The first-order chi connectivity index (χ1) is 16.3. The fourth-order valence-corrected chi connectivity index (χ4v) is 3.78. The summed E-state index contributed by atoms with van der Waals surface area (Å²) in [5.41, 5.74) is 2.73. The van der Waals surface area contributed by atoms with Gasteiger partial charge in [-0.1, -0.05) is 54.9 Å². The minimum atomic E-state index is -1.21. The van der Waals surface area contributed by atoms with E-state index in [-0.39, 0.29) is 24.0 Å². The Bertz CT molecular complexity index is 1160. The van der Waals surface area contributed by atoms with Gasteiger partial charge < -0.3 is 15.2 Å². The van der Waals surface area contributed by atoms with Crippen molar-refractivity contribution in [2.24, 2.45) is 5.92 Å². The van der Waals surface area contributed by atoms with Crippen LogP contribution in [0.1, 0.15) is 46.8 Å². The van der Waals surface area contributed by atoms with Gasteiger partial charge in [0.05, 0.1) is 12.5 Å². The van der Waals surface area contributed by atoms with Crippen molar-refractivity contribution < 1.29 is 24.2 Å². The van der Waals surface area contributed by atoms with Crippen molar-refractivity contribution in [1.82, 2.24) is 15.5 Å². The van der Waals surface area contributed by atoms with Crippen molar-refractivity contribution in [2.45, 2.75) is 32.7 Å². The van der Waals surface area contributed by atoms with Crippen LogP contribution >= 0.6 is 11.6 Å². The summed E-state index contributed by atoms with van der Waals surface area (Å²) in [5.74, 6) is -2.52. The van der Waals surface area contributed by atoms with Gasteiger partial charge in [-0.2, -0.15) is 5.10 Å². The molecule has 0 aliphatic rings. The smallest absolute Gasteiger partial charge is 0.353 e. The molecule has 1 aromatic heterocycles. The summed E-state index contributed by atoms with van der Waals surface area (Å²) in [6.07, 6.45) is 0.804. The molecule has 0 bridgehead atoms. The highest BCUT2D eigenvalue weighted by Crippen LogP contribution is 2.24. The van der Waals surface area contributed by atoms with Crippen LogP contribution in [0.5, 0.6) is 0 Å². The standard InChI is InChI=1S/C25H26ClN3O5/c1-3-34-25(33)15(2)11-20(27-23(30)21-14-22(24(31)32)29-28-21)12-16-7-9-17(10-8-16)18-5-4-6-19(26)13-18/h4-10,13-15,20H,3,11-12H2,1-2H3,(H,27,30)(H,28,29)(H,31,32)/t15-,20?/m1/s1. The number of nitrogens with one attached hydrogen (secondary N) is 2. The number of nitrogens with zero attached hydrogens (tertiary/aromatic N) is 1. The highest BCUT2D eigenvalue weighted by molar-refractivity contribution is 6.30. The number of halogens is 1. The van der Waals surface area contributed by atoms with Gasteiger partial charge in [-0.05, 0) is 48.6 Å². The number of hydrogen-bond donors (Lipinski definition) is 3. The van der Waals surface area contributed by atoms with Gasteiger partial charge in [0, 0.05) is 17.1 Å². The van der Waals surface area contributed by atoms with E-state index in [0.717, 1.165) is 16.7 Å². The molecule has 1 amide bonds. The molecule has 3 rings (SSSR count). The van der Waals surface area contributed by atoms with Crippen molar-refractivity contribution in [2.75, 3.05) is 6.61 Å². The van der Waals surface area contributed by atoms with E-state index >= 15 is 0 Å². The summed E-state index contributed by atoms with van der Waals surface area (Å²) in [6, 6.07) is 16.2. The van der Waals surface area contributed by atoms with Crippen LogP contribution in [0.15, 0.2) is 54.6 Å². The Morgan fingerprint density at radius 2 is 1.85 bits per heavy atom. The van der Waals surface area contributed by atoms with Crippen molar-refractivity contribution in [3.8, 4) is 11.1 Å². The number of aromatic amines is 1. The summed E-state index contributed by atoms with van der Waals surface area (Å²) >= 11 is 6.09. The zero-order valence-corrected chi connectivity index (χ0v) is 19.6. The van der Waals surface area contributed by atoms with Crippen LogP contribution in [0.2, 0.25) is 5.02 Å². The molecule has 2 atom stereocenters. The molecule has 3 aromatic rings. The first kappa shape index (κ1) is 25.0. The average molecular weight is 484 g/mol. The number of esters is 1. The summed E-state index contributed by atoms with van der Waals surface area (Å²) in [5, 5.41) is 18.7. The fourth-order valence-electron chi connectivity index (χ4n) is 3.59. The molecule has 0 saturated carbocycles. The number of aromatic carboxylic acids is 1. The third-order valence-corrected chi connectivity index (χ3v) is 5.53. The molecule has 1 unspecified atom stereocenters. The SMILES string of the molecule is CCOC(=O)[C@H](C)CC(Cc1ccc(-c2cccc(Cl)c2)cc1)NC(=O)c1cc(C(=O)O)[nH]n1. The summed E-state index contributed by atoms with van der Waals surface area (Å²) in [7, 11) is 0. The molecule has 0 radical (unpaired) electrons. The third kappa shape index (κ3) is 6.68. The lowest BCUT2D eigenvalue weighted by atomic mass is 9.94. The van der Waals surface area contributed by atoms with Gasteiger partial charge in [0.25, 0.3) is 5.91 Å². The number of benzene rings is 2. The highest BCUT2D eigenvalue weighted by Gasteiger charge is 2.24. The average Bonchev–Trinajstić information content (AvgIpc) is 3.31. The number of H-pyrrole nitrogens is 1. The third-order valence-electron chi connectivity index (χ3n) is 5.30. The highest BCUT2D eigenvalue weighted by atomic mass is 35.5. The Morgan fingerprint density at radius 3 is 2.47 bits per heavy atom. The second kappa shape index (κ2) is 11.5. The number of carbonyl (C=O) groups excluding carboxylic acids is 2. The number of carboxylic acids is 1. The maximum atomic E-state index is 12.7. The number of rotatable bonds is 10. The van der Waals surface area contributed by atoms with Crippen LogP contribution in [-0.2, 0) is 16.0 Å². The van der Waals surface area contributed by atoms with Crippen molar-refractivity contribution in [3.05, 3.63) is 76.6 Å². The number of hydrogen-bond acceptors (Lipinski definition) is 5. The summed E-state index contributed by atoms with van der Waals surface area (Å²) in [6.45, 7) is 3.76. The molecular formula is C25H26ClN3O5. The molecule has 34 heavy (non-hydrogen) atoms. The zero-order chi connectivity index (χ0) is 24.7. The summed E-state index contributed by atoms with van der Waals surface area (Å²) in [4.78, 5) is 35.9. The lowest BCUT2D eigenvalue weighted by molar-refractivity contribution is -0.147. The van der Waals surface area contributed by atoms with Crippen LogP contribution in [-0.4, -0.2) is 45.8 Å². The molecule has 0 saturated heterocycles. The molecular weight excluding hydrogens is 458 g/mol. The molecule has 1 heterocycles. The Kier molecular flexibility index (Phi) is 8.43. The first-order valence-electron chi connectivity index (χ1n) is 10.9. The first-order valence-corrected chi connectivity index (χ1v) is 11.3. The molecule has 178 valence electrons. The van der Waals surface area contributed by atoms with Crippen molar-refractivity contribution in [3.63, 3.8) is 0 Å². The number of carbonyl (C=O) groups is 3. The molecule has 0 aliphatic heterocycles. The van der Waals surface area contributed by atoms with E-state index in [1.807, 2.05) is 48.5 Å². The monoisotopic (exact) mass is 483 g/mol. The number of ether oxygens (including phenoxy) is 1. The Hall–Kier alpha value is -3.65. The zero-order valence-electron chi connectivity index (χ0n) is 18.9. The van der Waals surface area contributed by atoms with E-state index in [1.54, 1.807) is 13.8 Å². The molecule has 0 fully saturated rings. The lowest BCUT2D eigenvalue weighted by Gasteiger charge is -2.21. The number of aromatic nitrogens is 2. The second-order valence-corrected chi connectivity index (χ2v) is 8.38. The van der Waals surface area contributed by atoms with Gasteiger partial charge in [0.1, 0.15) is 5.69 Å². The van der Waals surface area contributed by atoms with Gasteiger partial charge in [-0.25, -0.2) is 4.79 Å². The minimum Gasteiger partial charge on any atom is -0.477 e. The molecule has 8 nitrogen and oxygen atoms in total. The van der Waals surface area contributed by atoms with Gasteiger partial charge in [0.15, 0.2) is 5.69 Å². The van der Waals surface area contributed by atoms with Crippen LogP contribution in [0.25, 0.3) is 11.1 Å². The molecule has 0 spiro atoms. The molecule has 0 aliphatic carbocycles.